The predicted octanol–water partition coefficient (Wildman–Crippen LogP) is 9.66. The minimum atomic E-state index is -4.26. The lowest BCUT2D eigenvalue weighted by molar-refractivity contribution is 0.217. The molecule has 1 atom stereocenters. The highest BCUT2D eigenvalue weighted by atomic mass is 31.2. The molecule has 1 N–H and O–H groups in total. The molecule has 40 heavy (non-hydrogen) atoms. The Balaban J connectivity index is 2.15. The highest BCUT2D eigenvalue weighted by Gasteiger charge is 2.38. The van der Waals surface area contributed by atoms with Crippen LogP contribution in [0.1, 0.15) is 112 Å². The standard InChI is InChI=1S/C34H49O5P/c1-31(2,3)23-13-19-29(27(21-23)33(7,8)9)38-40(36,37-26-17-15-25(35)16-18-26)39-30-20-14-24(32(4,5)6)22-28(30)34(10,11)12/h13-15,17-22,25,35H,16H2,1-12H3. The second kappa shape index (κ2) is 11.1. The molecule has 3 rings (SSSR count). The first kappa shape index (κ1) is 32.0. The van der Waals surface area contributed by atoms with E-state index in [1.54, 1.807) is 18.2 Å². The molecule has 6 heteroatoms. The number of aliphatic hydroxyl groups is 1. The number of hydrogen-bond donors (Lipinski definition) is 1. The first-order valence-electron chi connectivity index (χ1n) is 14.1. The molecule has 1 aliphatic carbocycles. The summed E-state index contributed by atoms with van der Waals surface area (Å²) in [4.78, 5) is 0. The van der Waals surface area contributed by atoms with E-state index in [9.17, 15) is 9.67 Å². The molecule has 2 aromatic rings. The summed E-state index contributed by atoms with van der Waals surface area (Å²) >= 11 is 0. The van der Waals surface area contributed by atoms with Crippen molar-refractivity contribution in [2.45, 2.75) is 117 Å². The van der Waals surface area contributed by atoms with Crippen LogP contribution in [-0.2, 0) is 30.7 Å². The van der Waals surface area contributed by atoms with Gasteiger partial charge in [-0.1, -0.05) is 113 Å². The van der Waals surface area contributed by atoms with Gasteiger partial charge in [-0.05, 0) is 63.5 Å². The normalized spacial score (nSPS) is 16.9. The van der Waals surface area contributed by atoms with Gasteiger partial charge in [0.1, 0.15) is 17.3 Å². The summed E-state index contributed by atoms with van der Waals surface area (Å²) in [5.74, 6) is 1.24. The van der Waals surface area contributed by atoms with Crippen LogP contribution in [0, 0.1) is 0 Å². The second-order valence-electron chi connectivity index (χ2n) is 14.9. The molecule has 0 amide bonds. The lowest BCUT2D eigenvalue weighted by Crippen LogP contribution is -2.19. The molecule has 0 saturated heterocycles. The van der Waals surface area contributed by atoms with Crippen molar-refractivity contribution < 1.29 is 23.2 Å². The van der Waals surface area contributed by atoms with Crippen molar-refractivity contribution in [1.29, 1.82) is 0 Å². The minimum Gasteiger partial charge on any atom is -0.389 e. The maximum atomic E-state index is 14.6. The van der Waals surface area contributed by atoms with E-state index in [4.69, 9.17) is 13.6 Å². The van der Waals surface area contributed by atoms with E-state index in [0.29, 0.717) is 23.7 Å². The van der Waals surface area contributed by atoms with Crippen LogP contribution < -0.4 is 9.05 Å². The van der Waals surface area contributed by atoms with Crippen LogP contribution in [0.25, 0.3) is 0 Å². The van der Waals surface area contributed by atoms with E-state index in [0.717, 1.165) is 22.3 Å². The van der Waals surface area contributed by atoms with Gasteiger partial charge in [-0.2, -0.15) is 4.57 Å². The van der Waals surface area contributed by atoms with Crippen LogP contribution in [0.4, 0.5) is 0 Å². The Morgan fingerprint density at radius 2 is 1.10 bits per heavy atom. The monoisotopic (exact) mass is 568 g/mol. The minimum absolute atomic E-state index is 0.0653. The summed E-state index contributed by atoms with van der Waals surface area (Å²) in [6.45, 7) is 25.6. The fraction of sp³-hybridized carbons (Fsp3) is 0.529. The Hall–Kier alpha value is -2.49. The maximum Gasteiger partial charge on any atom is 0.647 e. The molecule has 0 bridgehead atoms. The topological polar surface area (TPSA) is 65.0 Å². The summed E-state index contributed by atoms with van der Waals surface area (Å²) < 4.78 is 33.3. The van der Waals surface area contributed by atoms with Gasteiger partial charge in [0.05, 0.1) is 6.10 Å². The summed E-state index contributed by atoms with van der Waals surface area (Å²) in [6.07, 6.45) is 4.66. The molecule has 0 radical (unpaired) electrons. The largest absolute Gasteiger partial charge is 0.647 e. The Bertz CT molecular complexity index is 1240. The second-order valence-corrected chi connectivity index (χ2v) is 16.4. The van der Waals surface area contributed by atoms with E-state index in [-0.39, 0.29) is 21.7 Å². The number of hydrogen-bond acceptors (Lipinski definition) is 5. The van der Waals surface area contributed by atoms with Gasteiger partial charge >= 0.3 is 7.82 Å². The average Bonchev–Trinajstić information content (AvgIpc) is 2.78. The van der Waals surface area contributed by atoms with Gasteiger partial charge in [0.25, 0.3) is 0 Å². The van der Waals surface area contributed by atoms with Crippen molar-refractivity contribution in [2.75, 3.05) is 0 Å². The smallest absolute Gasteiger partial charge is 0.389 e. The highest BCUT2D eigenvalue weighted by Crippen LogP contribution is 2.55. The van der Waals surface area contributed by atoms with Gasteiger partial charge in [0.2, 0.25) is 0 Å². The molecule has 220 valence electrons. The lowest BCUT2D eigenvalue weighted by atomic mass is 9.80. The summed E-state index contributed by atoms with van der Waals surface area (Å²) in [6, 6.07) is 12.0. The third-order valence-corrected chi connectivity index (χ3v) is 8.26. The zero-order valence-corrected chi connectivity index (χ0v) is 27.4. The SMILES string of the molecule is CC(C)(C)c1ccc(OP(=O)(OC2=CCC(O)C=C2)Oc2ccc(C(C)(C)C)cc2C(C)(C)C)c(C(C)(C)C)c1. The Morgan fingerprint density at radius 3 is 1.43 bits per heavy atom. The fourth-order valence-corrected chi connectivity index (χ4v) is 5.71. The van der Waals surface area contributed by atoms with E-state index >= 15 is 0 Å². The maximum absolute atomic E-state index is 14.6. The van der Waals surface area contributed by atoms with Gasteiger partial charge < -0.3 is 18.7 Å². The van der Waals surface area contributed by atoms with Crippen molar-refractivity contribution in [3.05, 3.63) is 82.6 Å². The predicted molar refractivity (Wildman–Crippen MR) is 165 cm³/mol. The van der Waals surface area contributed by atoms with Crippen LogP contribution in [0.2, 0.25) is 0 Å². The molecule has 0 spiro atoms. The van der Waals surface area contributed by atoms with Crippen LogP contribution in [0.5, 0.6) is 11.5 Å². The van der Waals surface area contributed by atoms with E-state index in [1.165, 1.54) is 0 Å². The van der Waals surface area contributed by atoms with E-state index < -0.39 is 13.9 Å². The number of rotatable bonds is 6. The molecule has 5 nitrogen and oxygen atoms in total. The first-order valence-corrected chi connectivity index (χ1v) is 15.6. The van der Waals surface area contributed by atoms with Crippen LogP contribution in [0.15, 0.2) is 60.4 Å². The fourth-order valence-electron chi connectivity index (χ4n) is 4.41. The molecule has 0 heterocycles. The molecule has 0 aliphatic heterocycles. The molecule has 1 unspecified atom stereocenters. The number of phosphoric ester groups is 1. The summed E-state index contributed by atoms with van der Waals surface area (Å²) in [5.41, 5.74) is 3.42. The average molecular weight is 569 g/mol. The van der Waals surface area contributed by atoms with Crippen molar-refractivity contribution >= 4 is 7.82 Å². The number of allylic oxidation sites excluding steroid dienone is 1. The number of benzene rings is 2. The van der Waals surface area contributed by atoms with Crippen molar-refractivity contribution in [2.24, 2.45) is 0 Å². The van der Waals surface area contributed by atoms with Crippen LogP contribution >= 0.6 is 7.82 Å². The molecule has 1 aliphatic rings. The highest BCUT2D eigenvalue weighted by molar-refractivity contribution is 7.49. The van der Waals surface area contributed by atoms with E-state index in [2.05, 4.69) is 95.2 Å². The summed E-state index contributed by atoms with van der Waals surface area (Å²) in [5, 5.41) is 9.91. The molecule has 0 fully saturated rings. The quantitative estimate of drug-likeness (QED) is 0.352. The Labute approximate surface area is 242 Å². The molecule has 0 saturated carbocycles. The molecular weight excluding hydrogens is 519 g/mol. The van der Waals surface area contributed by atoms with Gasteiger partial charge in [-0.3, -0.25) is 0 Å². The summed E-state index contributed by atoms with van der Waals surface area (Å²) in [7, 11) is -4.26. The zero-order valence-electron chi connectivity index (χ0n) is 26.5. The van der Waals surface area contributed by atoms with Gasteiger partial charge in [-0.25, -0.2) is 0 Å². The Kier molecular flexibility index (Phi) is 8.86. The van der Waals surface area contributed by atoms with E-state index in [1.807, 2.05) is 24.3 Å². The van der Waals surface area contributed by atoms with Crippen LogP contribution in [0.3, 0.4) is 0 Å². The van der Waals surface area contributed by atoms with Crippen molar-refractivity contribution in [1.82, 2.24) is 0 Å². The van der Waals surface area contributed by atoms with Crippen LogP contribution in [-0.4, -0.2) is 11.2 Å². The van der Waals surface area contributed by atoms with Gasteiger partial charge in [0, 0.05) is 11.1 Å². The molecular formula is C34H49O5P. The molecule has 0 aromatic heterocycles. The number of phosphoric acid groups is 1. The zero-order chi connectivity index (χ0) is 30.3. The third kappa shape index (κ3) is 8.04. The molecule has 2 aromatic carbocycles. The Morgan fingerprint density at radius 1 is 0.675 bits per heavy atom. The van der Waals surface area contributed by atoms with Gasteiger partial charge in [-0.15, -0.1) is 0 Å². The van der Waals surface area contributed by atoms with Crippen molar-refractivity contribution in [3.8, 4) is 11.5 Å². The number of aliphatic hydroxyl groups excluding tert-OH is 1. The lowest BCUT2D eigenvalue weighted by Gasteiger charge is -2.30. The first-order chi connectivity index (χ1) is 18.1. The van der Waals surface area contributed by atoms with Gasteiger partial charge in [0.15, 0.2) is 0 Å². The van der Waals surface area contributed by atoms with Crippen molar-refractivity contribution in [3.63, 3.8) is 0 Å². The third-order valence-electron chi connectivity index (χ3n) is 6.99.